The summed E-state index contributed by atoms with van der Waals surface area (Å²) in [7, 11) is 0. The molecule has 9 heavy (non-hydrogen) atoms. The molecule has 3 nitrogen and oxygen atoms in total. The summed E-state index contributed by atoms with van der Waals surface area (Å²) in [6.45, 7) is 2.92. The van der Waals surface area contributed by atoms with Crippen molar-refractivity contribution in [1.29, 1.82) is 0 Å². The van der Waals surface area contributed by atoms with E-state index in [4.69, 9.17) is 11.5 Å². The normalized spacial score (nSPS) is 9.00. The second kappa shape index (κ2) is 5.41. The van der Waals surface area contributed by atoms with E-state index in [-0.39, 0.29) is 5.96 Å². The van der Waals surface area contributed by atoms with E-state index in [0.29, 0.717) is 0 Å². The van der Waals surface area contributed by atoms with Gasteiger partial charge in [0.25, 0.3) is 0 Å². The van der Waals surface area contributed by atoms with Crippen LogP contribution in [0.15, 0.2) is 4.99 Å². The zero-order chi connectivity index (χ0) is 7.11. The molecule has 3 heteroatoms. The van der Waals surface area contributed by atoms with Gasteiger partial charge in [0.15, 0.2) is 5.96 Å². The van der Waals surface area contributed by atoms with Crippen LogP contribution in [0.1, 0.15) is 26.2 Å². The fourth-order valence-electron chi connectivity index (χ4n) is 0.570. The van der Waals surface area contributed by atoms with Crippen LogP contribution < -0.4 is 11.5 Å². The Morgan fingerprint density at radius 3 is 2.44 bits per heavy atom. The van der Waals surface area contributed by atoms with Crippen LogP contribution in [-0.2, 0) is 0 Å². The van der Waals surface area contributed by atoms with Gasteiger partial charge in [0.2, 0.25) is 0 Å². The molecule has 0 saturated heterocycles. The fraction of sp³-hybridized carbons (Fsp3) is 0.833. The fourth-order valence-corrected chi connectivity index (χ4v) is 0.570. The molecule has 4 N–H and O–H groups in total. The van der Waals surface area contributed by atoms with Gasteiger partial charge in [-0.25, -0.2) is 0 Å². The molecule has 0 spiro atoms. The Balaban J connectivity index is 3.00. The minimum atomic E-state index is 0.200. The standard InChI is InChI=1S/C6H15N3/c1-2-3-4-5-9-6(7)8/h2-5H2,1H3,(H4,7,8,9). The van der Waals surface area contributed by atoms with Gasteiger partial charge in [-0.05, 0) is 6.42 Å². The molecule has 0 fully saturated rings. The maximum absolute atomic E-state index is 5.10. The summed E-state index contributed by atoms with van der Waals surface area (Å²) in [4.78, 5) is 3.83. The number of unbranched alkanes of at least 4 members (excludes halogenated alkanes) is 2. The molecule has 0 amide bonds. The monoisotopic (exact) mass is 129 g/mol. The van der Waals surface area contributed by atoms with Gasteiger partial charge in [-0.15, -0.1) is 0 Å². The summed E-state index contributed by atoms with van der Waals surface area (Å²) in [5, 5.41) is 0. The van der Waals surface area contributed by atoms with Crippen molar-refractivity contribution in [2.75, 3.05) is 6.54 Å². The molecule has 0 aromatic heterocycles. The van der Waals surface area contributed by atoms with Crippen LogP contribution in [0.4, 0.5) is 0 Å². The number of guanidine groups is 1. The van der Waals surface area contributed by atoms with Gasteiger partial charge in [-0.2, -0.15) is 0 Å². The van der Waals surface area contributed by atoms with E-state index in [1.165, 1.54) is 12.8 Å². The van der Waals surface area contributed by atoms with Gasteiger partial charge in [0.1, 0.15) is 0 Å². The number of rotatable bonds is 4. The van der Waals surface area contributed by atoms with Crippen molar-refractivity contribution in [1.82, 2.24) is 0 Å². The lowest BCUT2D eigenvalue weighted by molar-refractivity contribution is 0.727. The van der Waals surface area contributed by atoms with E-state index in [1.54, 1.807) is 0 Å². The summed E-state index contributed by atoms with van der Waals surface area (Å²) < 4.78 is 0. The van der Waals surface area contributed by atoms with Gasteiger partial charge in [0, 0.05) is 6.54 Å². The van der Waals surface area contributed by atoms with Gasteiger partial charge < -0.3 is 11.5 Å². The zero-order valence-corrected chi connectivity index (χ0v) is 5.93. The van der Waals surface area contributed by atoms with E-state index in [1.807, 2.05) is 0 Å². The smallest absolute Gasteiger partial charge is 0.185 e. The second-order valence-corrected chi connectivity index (χ2v) is 2.01. The van der Waals surface area contributed by atoms with Crippen molar-refractivity contribution in [2.24, 2.45) is 16.5 Å². The molecule has 0 rings (SSSR count). The van der Waals surface area contributed by atoms with Gasteiger partial charge in [-0.1, -0.05) is 19.8 Å². The van der Waals surface area contributed by atoms with Gasteiger partial charge >= 0.3 is 0 Å². The molecule has 0 bridgehead atoms. The second-order valence-electron chi connectivity index (χ2n) is 2.01. The molecule has 54 valence electrons. The van der Waals surface area contributed by atoms with Crippen LogP contribution in [0.5, 0.6) is 0 Å². The molecule has 0 aromatic rings. The molecule has 0 saturated carbocycles. The molecule has 0 unspecified atom stereocenters. The predicted octanol–water partition coefficient (Wildman–Crippen LogP) is 0.450. The summed E-state index contributed by atoms with van der Waals surface area (Å²) in [6, 6.07) is 0. The van der Waals surface area contributed by atoms with Crippen molar-refractivity contribution in [3.8, 4) is 0 Å². The van der Waals surface area contributed by atoms with E-state index in [0.717, 1.165) is 13.0 Å². The van der Waals surface area contributed by atoms with Crippen LogP contribution in [0.3, 0.4) is 0 Å². The van der Waals surface area contributed by atoms with Crippen LogP contribution in [0.2, 0.25) is 0 Å². The Bertz CT molecular complexity index is 84.3. The van der Waals surface area contributed by atoms with Crippen LogP contribution in [-0.4, -0.2) is 12.5 Å². The SMILES string of the molecule is CCCCCN=C(N)N. The quantitative estimate of drug-likeness (QED) is 0.329. The molecule has 0 aliphatic heterocycles. The van der Waals surface area contributed by atoms with Crippen molar-refractivity contribution >= 4 is 5.96 Å². The van der Waals surface area contributed by atoms with Crippen molar-refractivity contribution in [3.05, 3.63) is 0 Å². The lowest BCUT2D eigenvalue weighted by Crippen LogP contribution is -2.22. The van der Waals surface area contributed by atoms with E-state index < -0.39 is 0 Å². The first-order valence-electron chi connectivity index (χ1n) is 3.32. The topological polar surface area (TPSA) is 64.4 Å². The van der Waals surface area contributed by atoms with Crippen molar-refractivity contribution in [3.63, 3.8) is 0 Å². The molecule has 0 aromatic carbocycles. The zero-order valence-electron chi connectivity index (χ0n) is 5.93. The number of aliphatic imine (C=N–C) groups is 1. The lowest BCUT2D eigenvalue weighted by atomic mass is 10.2. The van der Waals surface area contributed by atoms with Gasteiger partial charge in [-0.3, -0.25) is 4.99 Å². The van der Waals surface area contributed by atoms with Crippen molar-refractivity contribution < 1.29 is 0 Å². The number of nitrogens with two attached hydrogens (primary N) is 2. The van der Waals surface area contributed by atoms with Gasteiger partial charge in [0.05, 0.1) is 0 Å². The van der Waals surface area contributed by atoms with Crippen LogP contribution in [0.25, 0.3) is 0 Å². The molecule has 0 radical (unpaired) electrons. The predicted molar refractivity (Wildman–Crippen MR) is 40.2 cm³/mol. The number of nitrogens with zero attached hydrogens (tertiary/aromatic N) is 1. The largest absolute Gasteiger partial charge is 0.370 e. The third-order valence-corrected chi connectivity index (χ3v) is 1.06. The highest BCUT2D eigenvalue weighted by Gasteiger charge is 1.82. The molecule has 0 heterocycles. The number of hydrogen-bond donors (Lipinski definition) is 2. The highest BCUT2D eigenvalue weighted by molar-refractivity contribution is 5.75. The van der Waals surface area contributed by atoms with Crippen LogP contribution in [0, 0.1) is 0 Å². The molecular formula is C6H15N3. The third kappa shape index (κ3) is 7.27. The Morgan fingerprint density at radius 2 is 2.00 bits per heavy atom. The Kier molecular flexibility index (Phi) is 4.97. The summed E-state index contributed by atoms with van der Waals surface area (Å²) >= 11 is 0. The first-order chi connectivity index (χ1) is 4.27. The average molecular weight is 129 g/mol. The van der Waals surface area contributed by atoms with E-state index >= 15 is 0 Å². The van der Waals surface area contributed by atoms with Crippen LogP contribution >= 0.6 is 0 Å². The maximum Gasteiger partial charge on any atom is 0.185 e. The lowest BCUT2D eigenvalue weighted by Gasteiger charge is -1.92. The third-order valence-electron chi connectivity index (χ3n) is 1.06. The van der Waals surface area contributed by atoms with E-state index in [2.05, 4.69) is 11.9 Å². The minimum Gasteiger partial charge on any atom is -0.370 e. The molecule has 0 atom stereocenters. The maximum atomic E-state index is 5.10. The summed E-state index contributed by atoms with van der Waals surface area (Å²) in [5.41, 5.74) is 10.2. The summed E-state index contributed by atoms with van der Waals surface area (Å²) in [5.74, 6) is 0.200. The Hall–Kier alpha value is -0.730. The Morgan fingerprint density at radius 1 is 1.33 bits per heavy atom. The average Bonchev–Trinajstić information content (AvgIpc) is 1.80. The highest BCUT2D eigenvalue weighted by Crippen LogP contribution is 1.92. The Labute approximate surface area is 56.1 Å². The van der Waals surface area contributed by atoms with E-state index in [9.17, 15) is 0 Å². The minimum absolute atomic E-state index is 0.200. The molecule has 0 aliphatic carbocycles. The summed E-state index contributed by atoms with van der Waals surface area (Å²) in [6.07, 6.45) is 3.51. The molecular weight excluding hydrogens is 114 g/mol. The van der Waals surface area contributed by atoms with Crippen molar-refractivity contribution in [2.45, 2.75) is 26.2 Å². The first kappa shape index (κ1) is 8.27. The highest BCUT2D eigenvalue weighted by atomic mass is 15.0. The first-order valence-corrected chi connectivity index (χ1v) is 3.32. The molecule has 0 aliphatic rings. The number of hydrogen-bond acceptors (Lipinski definition) is 1.